The van der Waals surface area contributed by atoms with Gasteiger partial charge in [-0.25, -0.2) is 15.0 Å². The molecule has 25 heavy (non-hydrogen) atoms. The molecule has 2 aromatic carbocycles. The van der Waals surface area contributed by atoms with Crippen molar-refractivity contribution in [2.45, 2.75) is 0 Å². The smallest absolute Gasteiger partial charge is 0.190 e. The quantitative estimate of drug-likeness (QED) is 0.457. The van der Waals surface area contributed by atoms with Gasteiger partial charge in [0.25, 0.3) is 0 Å². The Labute approximate surface area is 157 Å². The van der Waals surface area contributed by atoms with E-state index < -0.39 is 0 Å². The molecule has 0 saturated heterocycles. The van der Waals surface area contributed by atoms with Crippen molar-refractivity contribution in [3.05, 3.63) is 64.9 Å². The molecule has 0 bridgehead atoms. The predicted molar refractivity (Wildman–Crippen MR) is 105 cm³/mol. The van der Waals surface area contributed by atoms with E-state index in [2.05, 4.69) is 25.6 Å². The van der Waals surface area contributed by atoms with Crippen molar-refractivity contribution in [2.24, 2.45) is 0 Å². The zero-order valence-corrected chi connectivity index (χ0v) is 15.0. The molecule has 0 atom stereocenters. The lowest BCUT2D eigenvalue weighted by Gasteiger charge is -2.06. The van der Waals surface area contributed by atoms with Gasteiger partial charge in [0, 0.05) is 5.69 Å². The summed E-state index contributed by atoms with van der Waals surface area (Å²) in [4.78, 5) is 13.9. The molecule has 0 unspecified atom stereocenters. The molecule has 0 aliphatic carbocycles. The average molecular weight is 388 g/mol. The Bertz CT molecular complexity index is 1020. The van der Waals surface area contributed by atoms with Crippen LogP contribution in [-0.4, -0.2) is 15.0 Å². The Morgan fingerprint density at radius 2 is 1.60 bits per heavy atom. The van der Waals surface area contributed by atoms with E-state index in [-0.39, 0.29) is 0 Å². The molecular formula is C17H11Cl2N5S. The third-order valence-corrected chi connectivity index (χ3v) is 4.94. The van der Waals surface area contributed by atoms with Crippen molar-refractivity contribution in [1.82, 2.24) is 15.0 Å². The van der Waals surface area contributed by atoms with Crippen LogP contribution in [0.3, 0.4) is 0 Å². The summed E-state index contributed by atoms with van der Waals surface area (Å²) in [6, 6.07) is 15.1. The van der Waals surface area contributed by atoms with E-state index in [1.807, 2.05) is 30.3 Å². The predicted octanol–water partition coefficient (Wildman–Crippen LogP) is 5.88. The SMILES string of the molecule is Clc1cccc(Cl)c1Nc1nc2c(Nc3ccccc3)ncnc2s1. The highest BCUT2D eigenvalue weighted by atomic mass is 35.5. The highest BCUT2D eigenvalue weighted by molar-refractivity contribution is 7.21. The topological polar surface area (TPSA) is 62.7 Å². The van der Waals surface area contributed by atoms with Crippen molar-refractivity contribution >= 4 is 67.2 Å². The molecule has 124 valence electrons. The van der Waals surface area contributed by atoms with Crippen LogP contribution in [0.2, 0.25) is 10.0 Å². The van der Waals surface area contributed by atoms with Crippen LogP contribution in [0.5, 0.6) is 0 Å². The summed E-state index contributed by atoms with van der Waals surface area (Å²) in [7, 11) is 0. The van der Waals surface area contributed by atoms with Gasteiger partial charge in [-0.15, -0.1) is 0 Å². The van der Waals surface area contributed by atoms with Gasteiger partial charge in [-0.3, -0.25) is 0 Å². The van der Waals surface area contributed by atoms with E-state index in [0.717, 1.165) is 10.5 Å². The first-order chi connectivity index (χ1) is 12.2. The van der Waals surface area contributed by atoms with E-state index in [9.17, 15) is 0 Å². The Balaban J connectivity index is 1.70. The van der Waals surface area contributed by atoms with Crippen LogP contribution in [0.4, 0.5) is 22.3 Å². The average Bonchev–Trinajstić information content (AvgIpc) is 3.03. The summed E-state index contributed by atoms with van der Waals surface area (Å²) < 4.78 is 0. The summed E-state index contributed by atoms with van der Waals surface area (Å²) in [6.45, 7) is 0. The van der Waals surface area contributed by atoms with E-state index in [1.165, 1.54) is 17.7 Å². The number of benzene rings is 2. The molecule has 4 rings (SSSR count). The Morgan fingerprint density at radius 1 is 0.840 bits per heavy atom. The molecule has 4 aromatic rings. The summed E-state index contributed by atoms with van der Waals surface area (Å²) >= 11 is 13.8. The number of hydrogen-bond donors (Lipinski definition) is 2. The number of rotatable bonds is 4. The Hall–Kier alpha value is -2.41. The van der Waals surface area contributed by atoms with Gasteiger partial charge in [-0.2, -0.15) is 0 Å². The maximum absolute atomic E-state index is 6.21. The van der Waals surface area contributed by atoms with Gasteiger partial charge in [0.2, 0.25) is 0 Å². The van der Waals surface area contributed by atoms with E-state index in [4.69, 9.17) is 23.2 Å². The summed E-state index contributed by atoms with van der Waals surface area (Å²) in [5, 5.41) is 8.13. The molecule has 0 radical (unpaired) electrons. The first-order valence-electron chi connectivity index (χ1n) is 7.35. The van der Waals surface area contributed by atoms with Crippen molar-refractivity contribution < 1.29 is 0 Å². The zero-order valence-electron chi connectivity index (χ0n) is 12.7. The lowest BCUT2D eigenvalue weighted by molar-refractivity contribution is 1.22. The molecule has 0 fully saturated rings. The number of fused-ring (bicyclic) bond motifs is 1. The zero-order chi connectivity index (χ0) is 17.2. The molecule has 5 nitrogen and oxygen atoms in total. The lowest BCUT2D eigenvalue weighted by Crippen LogP contribution is -1.95. The van der Waals surface area contributed by atoms with Gasteiger partial charge in [0.05, 0.1) is 15.7 Å². The third kappa shape index (κ3) is 3.37. The number of thiazole rings is 1. The van der Waals surface area contributed by atoms with Crippen molar-refractivity contribution in [3.63, 3.8) is 0 Å². The van der Waals surface area contributed by atoms with Crippen LogP contribution in [0.1, 0.15) is 0 Å². The fourth-order valence-corrected chi connectivity index (χ4v) is 3.59. The second-order valence-electron chi connectivity index (χ2n) is 5.11. The molecule has 2 heterocycles. The van der Waals surface area contributed by atoms with Gasteiger partial charge in [-0.05, 0) is 24.3 Å². The fourth-order valence-electron chi connectivity index (χ4n) is 2.28. The second kappa shape index (κ2) is 6.84. The van der Waals surface area contributed by atoms with Gasteiger partial charge < -0.3 is 10.6 Å². The maximum atomic E-state index is 6.21. The van der Waals surface area contributed by atoms with Crippen LogP contribution in [0.15, 0.2) is 54.9 Å². The number of halogens is 2. The molecule has 0 spiro atoms. The highest BCUT2D eigenvalue weighted by Gasteiger charge is 2.13. The number of anilines is 4. The number of hydrogen-bond acceptors (Lipinski definition) is 6. The first-order valence-corrected chi connectivity index (χ1v) is 8.92. The van der Waals surface area contributed by atoms with Crippen LogP contribution in [-0.2, 0) is 0 Å². The van der Waals surface area contributed by atoms with Crippen molar-refractivity contribution in [3.8, 4) is 0 Å². The molecule has 0 aliphatic heterocycles. The van der Waals surface area contributed by atoms with Crippen LogP contribution in [0.25, 0.3) is 10.3 Å². The minimum Gasteiger partial charge on any atom is -0.338 e. The molecular weight excluding hydrogens is 377 g/mol. The molecule has 8 heteroatoms. The van der Waals surface area contributed by atoms with Gasteiger partial charge in [-0.1, -0.05) is 58.8 Å². The van der Waals surface area contributed by atoms with Crippen LogP contribution < -0.4 is 10.6 Å². The van der Waals surface area contributed by atoms with Crippen LogP contribution in [0, 0.1) is 0 Å². The van der Waals surface area contributed by atoms with E-state index in [0.29, 0.717) is 32.2 Å². The highest BCUT2D eigenvalue weighted by Crippen LogP contribution is 2.36. The summed E-state index contributed by atoms with van der Waals surface area (Å²) in [5.74, 6) is 0.644. The number of aromatic nitrogens is 3. The summed E-state index contributed by atoms with van der Waals surface area (Å²) in [5.41, 5.74) is 2.23. The van der Waals surface area contributed by atoms with E-state index >= 15 is 0 Å². The minimum atomic E-state index is 0.528. The van der Waals surface area contributed by atoms with Gasteiger partial charge in [0.15, 0.2) is 15.8 Å². The number of para-hydroxylation sites is 2. The number of nitrogens with zero attached hydrogens (tertiary/aromatic N) is 3. The van der Waals surface area contributed by atoms with Gasteiger partial charge >= 0.3 is 0 Å². The third-order valence-electron chi connectivity index (χ3n) is 3.43. The monoisotopic (exact) mass is 387 g/mol. The lowest BCUT2D eigenvalue weighted by atomic mass is 10.3. The van der Waals surface area contributed by atoms with Gasteiger partial charge in [0.1, 0.15) is 11.8 Å². The largest absolute Gasteiger partial charge is 0.338 e. The number of nitrogens with one attached hydrogen (secondary N) is 2. The Morgan fingerprint density at radius 3 is 2.36 bits per heavy atom. The standard InChI is InChI=1S/C17H11Cl2N5S/c18-11-7-4-8-12(19)13(11)23-17-24-14-15(20-9-21-16(14)25-17)22-10-5-2-1-3-6-10/h1-9H,(H,23,24)(H,20,21,22). The summed E-state index contributed by atoms with van der Waals surface area (Å²) in [6.07, 6.45) is 1.51. The first kappa shape index (κ1) is 16.1. The maximum Gasteiger partial charge on any atom is 0.190 e. The van der Waals surface area contributed by atoms with Crippen molar-refractivity contribution in [1.29, 1.82) is 0 Å². The molecule has 0 saturated carbocycles. The molecule has 0 aliphatic rings. The minimum absolute atomic E-state index is 0.528. The molecule has 2 aromatic heterocycles. The Kier molecular flexibility index (Phi) is 4.40. The fraction of sp³-hybridized carbons (Fsp3) is 0. The molecule has 0 amide bonds. The normalized spacial score (nSPS) is 10.8. The second-order valence-corrected chi connectivity index (χ2v) is 6.90. The molecule has 2 N–H and O–H groups in total. The van der Waals surface area contributed by atoms with E-state index in [1.54, 1.807) is 18.2 Å². The van der Waals surface area contributed by atoms with Crippen molar-refractivity contribution in [2.75, 3.05) is 10.6 Å². The van der Waals surface area contributed by atoms with Crippen LogP contribution >= 0.6 is 34.5 Å².